The standard InChI is InChI=1S/C21H23N5O/c1-14(2)16-8-10-17(11-9-16)21-22-24-25(23-21)13-20(27)26-15(3)12-18-6-4-5-7-19(18)26/h4-11,14-15H,12-13H2,1-3H3/t15-/m0/s1. The van der Waals surface area contributed by atoms with Crippen LogP contribution in [-0.2, 0) is 17.8 Å². The van der Waals surface area contributed by atoms with Gasteiger partial charge in [-0.05, 0) is 41.7 Å². The first-order chi connectivity index (χ1) is 13.0. The third-order valence-electron chi connectivity index (χ3n) is 5.04. The summed E-state index contributed by atoms with van der Waals surface area (Å²) < 4.78 is 0. The first-order valence-electron chi connectivity index (χ1n) is 9.31. The van der Waals surface area contributed by atoms with Crippen molar-refractivity contribution < 1.29 is 4.79 Å². The van der Waals surface area contributed by atoms with Gasteiger partial charge in [0.1, 0.15) is 6.54 Å². The Morgan fingerprint density at radius 3 is 2.63 bits per heavy atom. The molecule has 1 aromatic heterocycles. The van der Waals surface area contributed by atoms with E-state index in [0.717, 1.165) is 17.7 Å². The van der Waals surface area contributed by atoms with Gasteiger partial charge in [0.15, 0.2) is 0 Å². The minimum atomic E-state index is -0.0217. The van der Waals surface area contributed by atoms with Crippen LogP contribution in [0, 0.1) is 0 Å². The Morgan fingerprint density at radius 2 is 1.89 bits per heavy atom. The molecule has 2 heterocycles. The zero-order chi connectivity index (χ0) is 19.0. The molecule has 27 heavy (non-hydrogen) atoms. The Balaban J connectivity index is 1.50. The SMILES string of the molecule is CC(C)c1ccc(-c2nnn(CC(=O)N3c4ccccc4C[C@@H]3C)n2)cc1. The molecule has 4 rings (SSSR count). The van der Waals surface area contributed by atoms with Crippen LogP contribution in [0.2, 0.25) is 0 Å². The van der Waals surface area contributed by atoms with Gasteiger partial charge >= 0.3 is 0 Å². The minimum absolute atomic E-state index is 0.0217. The maximum atomic E-state index is 12.9. The van der Waals surface area contributed by atoms with E-state index in [1.54, 1.807) is 0 Å². The van der Waals surface area contributed by atoms with E-state index < -0.39 is 0 Å². The molecule has 0 saturated carbocycles. The van der Waals surface area contributed by atoms with Crippen LogP contribution in [-0.4, -0.2) is 32.2 Å². The molecule has 1 aliphatic rings. The number of carbonyl (C=O) groups excluding carboxylic acids is 1. The molecule has 0 N–H and O–H groups in total. The highest BCUT2D eigenvalue weighted by Gasteiger charge is 2.30. The van der Waals surface area contributed by atoms with Gasteiger partial charge in [-0.2, -0.15) is 4.80 Å². The van der Waals surface area contributed by atoms with Gasteiger partial charge in [-0.3, -0.25) is 4.79 Å². The molecule has 1 amide bonds. The van der Waals surface area contributed by atoms with Crippen LogP contribution in [0.15, 0.2) is 48.5 Å². The average Bonchev–Trinajstić information content (AvgIpc) is 3.25. The fraction of sp³-hybridized carbons (Fsp3) is 0.333. The van der Waals surface area contributed by atoms with E-state index in [-0.39, 0.29) is 18.5 Å². The fourth-order valence-electron chi connectivity index (χ4n) is 3.59. The number of tetrazole rings is 1. The first-order valence-corrected chi connectivity index (χ1v) is 9.31. The lowest BCUT2D eigenvalue weighted by molar-refractivity contribution is -0.119. The smallest absolute Gasteiger partial charge is 0.250 e. The molecule has 1 aliphatic heterocycles. The van der Waals surface area contributed by atoms with Crippen molar-refractivity contribution in [3.63, 3.8) is 0 Å². The predicted octanol–water partition coefficient (Wildman–Crippen LogP) is 3.44. The number of hydrogen-bond acceptors (Lipinski definition) is 4. The summed E-state index contributed by atoms with van der Waals surface area (Å²) in [5.41, 5.74) is 4.36. The zero-order valence-corrected chi connectivity index (χ0v) is 15.8. The molecule has 1 atom stereocenters. The number of hydrogen-bond donors (Lipinski definition) is 0. The lowest BCUT2D eigenvalue weighted by Crippen LogP contribution is -2.38. The van der Waals surface area contributed by atoms with Crippen molar-refractivity contribution >= 4 is 11.6 Å². The molecule has 0 unspecified atom stereocenters. The van der Waals surface area contributed by atoms with Crippen LogP contribution < -0.4 is 4.90 Å². The molecule has 6 nitrogen and oxygen atoms in total. The molecule has 0 bridgehead atoms. The molecule has 6 heteroatoms. The van der Waals surface area contributed by atoms with E-state index >= 15 is 0 Å². The summed E-state index contributed by atoms with van der Waals surface area (Å²) in [5.74, 6) is 0.991. The number of benzene rings is 2. The summed E-state index contributed by atoms with van der Waals surface area (Å²) in [6, 6.07) is 16.3. The van der Waals surface area contributed by atoms with E-state index in [1.165, 1.54) is 15.9 Å². The fourth-order valence-corrected chi connectivity index (χ4v) is 3.59. The van der Waals surface area contributed by atoms with Crippen molar-refractivity contribution in [1.29, 1.82) is 0 Å². The highest BCUT2D eigenvalue weighted by atomic mass is 16.2. The highest BCUT2D eigenvalue weighted by Crippen LogP contribution is 2.31. The number of carbonyl (C=O) groups is 1. The van der Waals surface area contributed by atoms with E-state index in [9.17, 15) is 4.79 Å². The quantitative estimate of drug-likeness (QED) is 0.714. The Bertz CT molecular complexity index is 961. The van der Waals surface area contributed by atoms with Gasteiger partial charge in [0.25, 0.3) is 5.91 Å². The Morgan fingerprint density at radius 1 is 1.15 bits per heavy atom. The van der Waals surface area contributed by atoms with E-state index in [1.807, 2.05) is 35.2 Å². The number of para-hydroxylation sites is 1. The molecule has 0 spiro atoms. The van der Waals surface area contributed by atoms with Crippen molar-refractivity contribution in [3.8, 4) is 11.4 Å². The van der Waals surface area contributed by atoms with Crippen LogP contribution in [0.3, 0.4) is 0 Å². The Hall–Kier alpha value is -3.02. The Labute approximate surface area is 158 Å². The zero-order valence-electron chi connectivity index (χ0n) is 15.8. The second kappa shape index (κ2) is 6.95. The summed E-state index contributed by atoms with van der Waals surface area (Å²) in [4.78, 5) is 16.1. The molecule has 0 fully saturated rings. The predicted molar refractivity (Wildman–Crippen MR) is 104 cm³/mol. The van der Waals surface area contributed by atoms with E-state index in [0.29, 0.717) is 11.7 Å². The van der Waals surface area contributed by atoms with Gasteiger partial charge in [-0.25, -0.2) is 0 Å². The van der Waals surface area contributed by atoms with Crippen molar-refractivity contribution in [2.75, 3.05) is 4.90 Å². The highest BCUT2D eigenvalue weighted by molar-refractivity contribution is 5.95. The topological polar surface area (TPSA) is 63.9 Å². The molecule has 0 saturated heterocycles. The lowest BCUT2D eigenvalue weighted by atomic mass is 10.0. The van der Waals surface area contributed by atoms with Gasteiger partial charge < -0.3 is 4.90 Å². The molecular weight excluding hydrogens is 338 g/mol. The molecule has 0 radical (unpaired) electrons. The van der Waals surface area contributed by atoms with Gasteiger partial charge in [0.2, 0.25) is 5.82 Å². The van der Waals surface area contributed by atoms with Crippen molar-refractivity contribution in [1.82, 2.24) is 20.2 Å². The number of nitrogens with zero attached hydrogens (tertiary/aromatic N) is 5. The molecular formula is C21H23N5O. The summed E-state index contributed by atoms with van der Waals surface area (Å²) in [7, 11) is 0. The summed E-state index contributed by atoms with van der Waals surface area (Å²) in [6.45, 7) is 6.46. The number of rotatable bonds is 4. The summed E-state index contributed by atoms with van der Waals surface area (Å²) in [5, 5.41) is 12.6. The van der Waals surface area contributed by atoms with E-state index in [4.69, 9.17) is 0 Å². The number of fused-ring (bicyclic) bond motifs is 1. The van der Waals surface area contributed by atoms with Crippen molar-refractivity contribution in [3.05, 3.63) is 59.7 Å². The van der Waals surface area contributed by atoms with E-state index in [2.05, 4.69) is 54.4 Å². The normalized spacial score (nSPS) is 16.0. The second-order valence-corrected chi connectivity index (χ2v) is 7.37. The van der Waals surface area contributed by atoms with Crippen molar-refractivity contribution in [2.24, 2.45) is 0 Å². The first kappa shape index (κ1) is 17.4. The molecule has 2 aromatic carbocycles. The second-order valence-electron chi connectivity index (χ2n) is 7.37. The monoisotopic (exact) mass is 361 g/mol. The molecule has 138 valence electrons. The lowest BCUT2D eigenvalue weighted by Gasteiger charge is -2.22. The van der Waals surface area contributed by atoms with Gasteiger partial charge in [-0.15, -0.1) is 10.2 Å². The van der Waals surface area contributed by atoms with Gasteiger partial charge in [-0.1, -0.05) is 56.3 Å². The van der Waals surface area contributed by atoms with Crippen LogP contribution in [0.25, 0.3) is 11.4 Å². The Kier molecular flexibility index (Phi) is 4.48. The number of amides is 1. The van der Waals surface area contributed by atoms with Crippen LogP contribution in [0.5, 0.6) is 0 Å². The van der Waals surface area contributed by atoms with Crippen LogP contribution in [0.4, 0.5) is 5.69 Å². The van der Waals surface area contributed by atoms with Crippen LogP contribution in [0.1, 0.15) is 37.8 Å². The molecule has 3 aromatic rings. The maximum Gasteiger partial charge on any atom is 0.250 e. The molecule has 0 aliphatic carbocycles. The van der Waals surface area contributed by atoms with Crippen LogP contribution >= 0.6 is 0 Å². The third-order valence-corrected chi connectivity index (χ3v) is 5.04. The van der Waals surface area contributed by atoms with Gasteiger partial charge in [0, 0.05) is 17.3 Å². The van der Waals surface area contributed by atoms with Gasteiger partial charge in [0.05, 0.1) is 0 Å². The maximum absolute atomic E-state index is 12.9. The van der Waals surface area contributed by atoms with Crippen molar-refractivity contribution in [2.45, 2.75) is 45.7 Å². The summed E-state index contributed by atoms with van der Waals surface area (Å²) in [6.07, 6.45) is 0.875. The summed E-state index contributed by atoms with van der Waals surface area (Å²) >= 11 is 0. The number of anilines is 1. The third kappa shape index (κ3) is 3.35. The average molecular weight is 361 g/mol. The largest absolute Gasteiger partial charge is 0.307 e. The number of aromatic nitrogens is 4. The minimum Gasteiger partial charge on any atom is -0.307 e.